The summed E-state index contributed by atoms with van der Waals surface area (Å²) in [7, 11) is 0. The average molecular weight is 186 g/mol. The second-order valence-electron chi connectivity index (χ2n) is 3.88. The molecule has 70 valence electrons. The molecule has 2 heterocycles. The van der Waals surface area contributed by atoms with Gasteiger partial charge in [-0.2, -0.15) is 11.8 Å². The summed E-state index contributed by atoms with van der Waals surface area (Å²) >= 11 is 2.08. The average Bonchev–Trinajstić information content (AvgIpc) is 2.03. The van der Waals surface area contributed by atoms with E-state index < -0.39 is 0 Å². The monoisotopic (exact) mass is 186 g/mol. The standard InChI is InChI=1S/C9H18N2S/c10-8-9(11-4-1-5-11)2-6-12-7-3-9/h1-8,10H2. The van der Waals surface area contributed by atoms with Crippen molar-refractivity contribution in [3.05, 3.63) is 0 Å². The molecule has 2 fully saturated rings. The van der Waals surface area contributed by atoms with Crippen LogP contribution in [0.3, 0.4) is 0 Å². The Morgan fingerprint density at radius 2 is 1.92 bits per heavy atom. The molecule has 12 heavy (non-hydrogen) atoms. The van der Waals surface area contributed by atoms with E-state index in [0.29, 0.717) is 5.54 Å². The van der Waals surface area contributed by atoms with Gasteiger partial charge in [-0.1, -0.05) is 0 Å². The van der Waals surface area contributed by atoms with Gasteiger partial charge in [0.15, 0.2) is 0 Å². The Labute approximate surface area is 78.9 Å². The Hall–Kier alpha value is 0.270. The summed E-state index contributed by atoms with van der Waals surface area (Å²) in [4.78, 5) is 2.60. The highest BCUT2D eigenvalue weighted by Crippen LogP contribution is 2.34. The summed E-state index contributed by atoms with van der Waals surface area (Å²) in [5.41, 5.74) is 6.30. The van der Waals surface area contributed by atoms with Gasteiger partial charge in [0.1, 0.15) is 0 Å². The zero-order valence-electron chi connectivity index (χ0n) is 7.59. The number of likely N-dealkylation sites (tertiary alicyclic amines) is 1. The number of hydrogen-bond donors (Lipinski definition) is 1. The second kappa shape index (κ2) is 3.56. The second-order valence-corrected chi connectivity index (χ2v) is 5.11. The molecule has 3 heteroatoms. The Balaban J connectivity index is 2.00. The minimum absolute atomic E-state index is 0.406. The third-order valence-corrected chi connectivity index (χ3v) is 4.32. The Morgan fingerprint density at radius 3 is 2.33 bits per heavy atom. The summed E-state index contributed by atoms with van der Waals surface area (Å²) in [6.07, 6.45) is 4.01. The molecule has 0 aromatic heterocycles. The van der Waals surface area contributed by atoms with Crippen LogP contribution in [0.5, 0.6) is 0 Å². The SMILES string of the molecule is NCC1(N2CCC2)CCSCC1. The van der Waals surface area contributed by atoms with E-state index in [0.717, 1.165) is 6.54 Å². The zero-order valence-corrected chi connectivity index (χ0v) is 8.41. The highest BCUT2D eigenvalue weighted by molar-refractivity contribution is 7.99. The van der Waals surface area contributed by atoms with Crippen molar-refractivity contribution in [2.45, 2.75) is 24.8 Å². The van der Waals surface area contributed by atoms with E-state index in [1.807, 2.05) is 0 Å². The maximum absolute atomic E-state index is 5.90. The molecule has 2 aliphatic rings. The third-order valence-electron chi connectivity index (χ3n) is 3.33. The van der Waals surface area contributed by atoms with E-state index in [9.17, 15) is 0 Å². The molecular formula is C9H18N2S. The first kappa shape index (κ1) is 8.85. The maximum atomic E-state index is 5.90. The molecule has 0 atom stereocenters. The van der Waals surface area contributed by atoms with Crippen molar-refractivity contribution in [2.75, 3.05) is 31.1 Å². The van der Waals surface area contributed by atoms with Gasteiger partial charge in [-0.25, -0.2) is 0 Å². The lowest BCUT2D eigenvalue weighted by Crippen LogP contribution is -2.60. The largest absolute Gasteiger partial charge is 0.329 e. The van der Waals surface area contributed by atoms with Crippen LogP contribution in [0.1, 0.15) is 19.3 Å². The van der Waals surface area contributed by atoms with Gasteiger partial charge in [0.25, 0.3) is 0 Å². The van der Waals surface area contributed by atoms with Crippen LogP contribution in [0.2, 0.25) is 0 Å². The van der Waals surface area contributed by atoms with E-state index >= 15 is 0 Å². The smallest absolute Gasteiger partial charge is 0.0347 e. The van der Waals surface area contributed by atoms with Crippen molar-refractivity contribution in [2.24, 2.45) is 5.73 Å². The van der Waals surface area contributed by atoms with E-state index in [1.54, 1.807) is 0 Å². The lowest BCUT2D eigenvalue weighted by molar-refractivity contribution is 0.0282. The van der Waals surface area contributed by atoms with Crippen LogP contribution >= 0.6 is 11.8 Å². The molecule has 0 bridgehead atoms. The van der Waals surface area contributed by atoms with Gasteiger partial charge >= 0.3 is 0 Å². The van der Waals surface area contributed by atoms with Crippen molar-refractivity contribution in [1.82, 2.24) is 4.90 Å². The fourth-order valence-electron chi connectivity index (χ4n) is 2.19. The molecule has 2 saturated heterocycles. The van der Waals surface area contributed by atoms with Crippen molar-refractivity contribution in [1.29, 1.82) is 0 Å². The summed E-state index contributed by atoms with van der Waals surface area (Å²) < 4.78 is 0. The van der Waals surface area contributed by atoms with Crippen LogP contribution in [-0.2, 0) is 0 Å². The maximum Gasteiger partial charge on any atom is 0.0347 e. The van der Waals surface area contributed by atoms with Crippen LogP contribution in [0.25, 0.3) is 0 Å². The number of nitrogens with zero attached hydrogens (tertiary/aromatic N) is 1. The van der Waals surface area contributed by atoms with Crippen molar-refractivity contribution in [3.63, 3.8) is 0 Å². The first-order valence-corrected chi connectivity index (χ1v) is 6.06. The Bertz CT molecular complexity index is 151. The lowest BCUT2D eigenvalue weighted by atomic mass is 9.87. The third kappa shape index (κ3) is 1.38. The van der Waals surface area contributed by atoms with Crippen molar-refractivity contribution in [3.8, 4) is 0 Å². The van der Waals surface area contributed by atoms with Crippen LogP contribution in [0.4, 0.5) is 0 Å². The van der Waals surface area contributed by atoms with Crippen LogP contribution in [0, 0.1) is 0 Å². The summed E-state index contributed by atoms with van der Waals surface area (Å²) in [5.74, 6) is 2.63. The first-order chi connectivity index (χ1) is 5.87. The molecule has 0 radical (unpaired) electrons. The topological polar surface area (TPSA) is 29.3 Å². The minimum Gasteiger partial charge on any atom is -0.329 e. The zero-order chi connectivity index (χ0) is 8.44. The minimum atomic E-state index is 0.406. The number of hydrogen-bond acceptors (Lipinski definition) is 3. The highest BCUT2D eigenvalue weighted by Gasteiger charge is 2.39. The molecule has 2 N–H and O–H groups in total. The Kier molecular flexibility index (Phi) is 2.63. The van der Waals surface area contributed by atoms with Gasteiger partial charge in [0, 0.05) is 12.1 Å². The molecule has 0 aromatic carbocycles. The van der Waals surface area contributed by atoms with Gasteiger partial charge in [-0.3, -0.25) is 4.90 Å². The highest BCUT2D eigenvalue weighted by atomic mass is 32.2. The van der Waals surface area contributed by atoms with Gasteiger partial charge in [-0.05, 0) is 43.9 Å². The first-order valence-electron chi connectivity index (χ1n) is 4.90. The van der Waals surface area contributed by atoms with E-state index in [2.05, 4.69) is 16.7 Å². The van der Waals surface area contributed by atoms with Gasteiger partial charge < -0.3 is 5.73 Å². The molecule has 0 spiro atoms. The van der Waals surface area contributed by atoms with Crippen molar-refractivity contribution >= 4 is 11.8 Å². The predicted octanol–water partition coefficient (Wildman–Crippen LogP) is 0.917. The molecule has 0 aliphatic carbocycles. The summed E-state index contributed by atoms with van der Waals surface area (Å²) in [6.45, 7) is 3.46. The van der Waals surface area contributed by atoms with Crippen molar-refractivity contribution < 1.29 is 0 Å². The van der Waals surface area contributed by atoms with Gasteiger partial charge in [0.2, 0.25) is 0 Å². The fraction of sp³-hybridized carbons (Fsp3) is 1.00. The van der Waals surface area contributed by atoms with Gasteiger partial charge in [-0.15, -0.1) is 0 Å². The van der Waals surface area contributed by atoms with E-state index in [-0.39, 0.29) is 0 Å². The van der Waals surface area contributed by atoms with E-state index in [1.165, 1.54) is 43.9 Å². The predicted molar refractivity (Wildman–Crippen MR) is 54.5 cm³/mol. The summed E-state index contributed by atoms with van der Waals surface area (Å²) in [6, 6.07) is 0. The molecule has 2 nitrogen and oxygen atoms in total. The molecule has 0 saturated carbocycles. The fourth-order valence-corrected chi connectivity index (χ4v) is 3.44. The molecule has 2 aliphatic heterocycles. The number of thioether (sulfide) groups is 1. The number of rotatable bonds is 2. The van der Waals surface area contributed by atoms with Gasteiger partial charge in [0.05, 0.1) is 0 Å². The van der Waals surface area contributed by atoms with Crippen LogP contribution < -0.4 is 5.73 Å². The normalized spacial score (nSPS) is 29.8. The summed E-state index contributed by atoms with van der Waals surface area (Å²) in [5, 5.41) is 0. The Morgan fingerprint density at radius 1 is 1.25 bits per heavy atom. The van der Waals surface area contributed by atoms with Crippen LogP contribution in [-0.4, -0.2) is 41.6 Å². The molecular weight excluding hydrogens is 168 g/mol. The van der Waals surface area contributed by atoms with Crippen LogP contribution in [0.15, 0.2) is 0 Å². The van der Waals surface area contributed by atoms with E-state index in [4.69, 9.17) is 5.73 Å². The molecule has 2 rings (SSSR count). The lowest BCUT2D eigenvalue weighted by Gasteiger charge is -2.50. The number of nitrogens with two attached hydrogens (primary N) is 1. The molecule has 0 aromatic rings. The quantitative estimate of drug-likeness (QED) is 0.695. The molecule has 0 amide bonds. The molecule has 0 unspecified atom stereocenters.